The van der Waals surface area contributed by atoms with Crippen molar-refractivity contribution in [3.8, 4) is 11.3 Å². The van der Waals surface area contributed by atoms with E-state index in [0.717, 1.165) is 22.8 Å². The third-order valence-corrected chi connectivity index (χ3v) is 4.38. The Balaban J connectivity index is 1.45. The second kappa shape index (κ2) is 6.88. The van der Waals surface area contributed by atoms with E-state index in [1.54, 1.807) is 6.07 Å². The zero-order valence-corrected chi connectivity index (χ0v) is 14.1. The van der Waals surface area contributed by atoms with Gasteiger partial charge in [0.15, 0.2) is 0 Å². The molecule has 0 spiro atoms. The van der Waals surface area contributed by atoms with Gasteiger partial charge in [-0.15, -0.1) is 0 Å². The van der Waals surface area contributed by atoms with E-state index < -0.39 is 0 Å². The highest BCUT2D eigenvalue weighted by atomic mass is 16.3. The second-order valence-electron chi connectivity index (χ2n) is 6.18. The van der Waals surface area contributed by atoms with Crippen LogP contribution in [-0.2, 0) is 16.0 Å². The minimum absolute atomic E-state index is 0.0449. The molecule has 130 valence electrons. The highest BCUT2D eigenvalue weighted by Crippen LogP contribution is 2.29. The van der Waals surface area contributed by atoms with Gasteiger partial charge in [0, 0.05) is 18.4 Å². The molecule has 4 rings (SSSR count). The van der Waals surface area contributed by atoms with E-state index in [1.807, 2.05) is 60.7 Å². The van der Waals surface area contributed by atoms with Crippen LogP contribution in [0.25, 0.3) is 11.3 Å². The maximum Gasteiger partial charge on any atom is 0.244 e. The molecule has 1 aromatic heterocycles. The highest BCUT2D eigenvalue weighted by Gasteiger charge is 2.26. The van der Waals surface area contributed by atoms with E-state index in [-0.39, 0.29) is 24.8 Å². The lowest BCUT2D eigenvalue weighted by Gasteiger charge is -2.29. The first-order chi connectivity index (χ1) is 12.7. The Morgan fingerprint density at radius 2 is 1.77 bits per heavy atom. The quantitative estimate of drug-likeness (QED) is 0.780. The predicted molar refractivity (Wildman–Crippen MR) is 99.9 cm³/mol. The lowest BCUT2D eigenvalue weighted by molar-refractivity contribution is -0.121. The molecule has 26 heavy (non-hydrogen) atoms. The van der Waals surface area contributed by atoms with Crippen LogP contribution >= 0.6 is 0 Å². The van der Waals surface area contributed by atoms with Crippen LogP contribution < -0.4 is 10.2 Å². The molecule has 0 fully saturated rings. The van der Waals surface area contributed by atoms with Gasteiger partial charge in [0.25, 0.3) is 0 Å². The number of carbonyl (C=O) groups is 2. The molecule has 2 amide bonds. The molecule has 1 aliphatic rings. The van der Waals surface area contributed by atoms with Crippen LogP contribution in [0.3, 0.4) is 0 Å². The van der Waals surface area contributed by atoms with Gasteiger partial charge >= 0.3 is 0 Å². The summed E-state index contributed by atoms with van der Waals surface area (Å²) in [6.45, 7) is 0.0449. The summed E-state index contributed by atoms with van der Waals surface area (Å²) >= 11 is 0. The SMILES string of the molecule is O=C1CN(C(=O)CCc2ccc(-c3ccccc3)o2)c2ccccc2N1. The Morgan fingerprint density at radius 3 is 2.62 bits per heavy atom. The molecule has 2 heterocycles. The standard InChI is InChI=1S/C21H18N2O3/c24-20-14-23(18-9-5-4-8-17(18)22-20)21(25)13-11-16-10-12-19(26-16)15-6-2-1-3-7-15/h1-10,12H,11,13-14H2,(H,22,24). The summed E-state index contributed by atoms with van der Waals surface area (Å²) in [6.07, 6.45) is 0.773. The maximum atomic E-state index is 12.7. The Hall–Kier alpha value is -3.34. The van der Waals surface area contributed by atoms with Gasteiger partial charge in [0.1, 0.15) is 18.1 Å². The predicted octanol–water partition coefficient (Wildman–Crippen LogP) is 3.86. The van der Waals surface area contributed by atoms with Crippen molar-refractivity contribution in [2.24, 2.45) is 0 Å². The topological polar surface area (TPSA) is 62.6 Å². The fourth-order valence-electron chi connectivity index (χ4n) is 3.09. The number of hydrogen-bond donors (Lipinski definition) is 1. The number of para-hydroxylation sites is 2. The van der Waals surface area contributed by atoms with Crippen LogP contribution in [0.2, 0.25) is 0 Å². The fraction of sp³-hybridized carbons (Fsp3) is 0.143. The average molecular weight is 346 g/mol. The van der Waals surface area contributed by atoms with Gasteiger partial charge in [-0.1, -0.05) is 42.5 Å². The third-order valence-electron chi connectivity index (χ3n) is 4.38. The second-order valence-corrected chi connectivity index (χ2v) is 6.18. The van der Waals surface area contributed by atoms with Crippen molar-refractivity contribution >= 4 is 23.2 Å². The third kappa shape index (κ3) is 3.24. The van der Waals surface area contributed by atoms with Crippen molar-refractivity contribution in [2.45, 2.75) is 12.8 Å². The van der Waals surface area contributed by atoms with E-state index in [0.29, 0.717) is 12.1 Å². The number of amides is 2. The number of hydrogen-bond acceptors (Lipinski definition) is 3. The number of carbonyl (C=O) groups excluding carboxylic acids is 2. The number of aryl methyl sites for hydroxylation is 1. The molecule has 0 saturated carbocycles. The zero-order chi connectivity index (χ0) is 17.9. The molecular weight excluding hydrogens is 328 g/mol. The van der Waals surface area contributed by atoms with Crippen molar-refractivity contribution < 1.29 is 14.0 Å². The van der Waals surface area contributed by atoms with Crippen LogP contribution in [0, 0.1) is 0 Å². The number of benzene rings is 2. The van der Waals surface area contributed by atoms with E-state index in [2.05, 4.69) is 5.32 Å². The summed E-state index contributed by atoms with van der Waals surface area (Å²) in [5.74, 6) is 1.27. The van der Waals surface area contributed by atoms with Gasteiger partial charge in [-0.25, -0.2) is 0 Å². The minimum atomic E-state index is -0.179. The van der Waals surface area contributed by atoms with E-state index in [1.165, 1.54) is 4.90 Å². The first kappa shape index (κ1) is 16.1. The van der Waals surface area contributed by atoms with Gasteiger partial charge in [-0.3, -0.25) is 9.59 Å². The lowest BCUT2D eigenvalue weighted by Crippen LogP contribution is -2.42. The first-order valence-corrected chi connectivity index (χ1v) is 8.54. The molecule has 0 unspecified atom stereocenters. The summed E-state index contributed by atoms with van der Waals surface area (Å²) in [5.41, 5.74) is 2.41. The van der Waals surface area contributed by atoms with Crippen molar-refractivity contribution in [3.63, 3.8) is 0 Å². The maximum absolute atomic E-state index is 12.7. The summed E-state index contributed by atoms with van der Waals surface area (Å²) in [5, 5.41) is 2.79. The minimum Gasteiger partial charge on any atom is -0.461 e. The monoisotopic (exact) mass is 346 g/mol. The van der Waals surface area contributed by atoms with Crippen molar-refractivity contribution in [1.29, 1.82) is 0 Å². The molecule has 5 heteroatoms. The Bertz CT molecular complexity index is 947. The molecule has 1 N–H and O–H groups in total. The van der Waals surface area contributed by atoms with Gasteiger partial charge < -0.3 is 14.6 Å². The van der Waals surface area contributed by atoms with Gasteiger partial charge in [-0.2, -0.15) is 0 Å². The number of rotatable bonds is 4. The number of furan rings is 1. The summed E-state index contributed by atoms with van der Waals surface area (Å²) < 4.78 is 5.85. The van der Waals surface area contributed by atoms with Crippen LogP contribution in [0.1, 0.15) is 12.2 Å². The number of anilines is 2. The largest absolute Gasteiger partial charge is 0.461 e. The highest BCUT2D eigenvalue weighted by molar-refractivity contribution is 6.09. The van der Waals surface area contributed by atoms with Gasteiger partial charge in [0.2, 0.25) is 11.8 Å². The molecule has 3 aromatic rings. The molecule has 0 atom stereocenters. The molecule has 0 saturated heterocycles. The zero-order valence-electron chi connectivity index (χ0n) is 14.1. The van der Waals surface area contributed by atoms with Crippen molar-refractivity contribution in [3.05, 3.63) is 72.5 Å². The molecule has 5 nitrogen and oxygen atoms in total. The number of fused-ring (bicyclic) bond motifs is 1. The van der Waals surface area contributed by atoms with Crippen LogP contribution in [0.5, 0.6) is 0 Å². The molecule has 1 aliphatic heterocycles. The molecule has 0 bridgehead atoms. The van der Waals surface area contributed by atoms with Crippen molar-refractivity contribution in [2.75, 3.05) is 16.8 Å². The summed E-state index contributed by atoms with van der Waals surface area (Å²) in [6, 6.07) is 21.0. The van der Waals surface area contributed by atoms with E-state index in [4.69, 9.17) is 4.42 Å². The smallest absolute Gasteiger partial charge is 0.244 e. The van der Waals surface area contributed by atoms with Gasteiger partial charge in [-0.05, 0) is 24.3 Å². The number of nitrogens with one attached hydrogen (secondary N) is 1. The molecule has 2 aromatic carbocycles. The molecule has 0 radical (unpaired) electrons. The Kier molecular flexibility index (Phi) is 4.27. The fourth-order valence-corrected chi connectivity index (χ4v) is 3.09. The van der Waals surface area contributed by atoms with E-state index >= 15 is 0 Å². The molecule has 0 aliphatic carbocycles. The molecular formula is C21H18N2O3. The normalized spacial score (nSPS) is 13.2. The van der Waals surface area contributed by atoms with Crippen LogP contribution in [0.15, 0.2) is 71.1 Å². The summed E-state index contributed by atoms with van der Waals surface area (Å²) in [7, 11) is 0. The van der Waals surface area contributed by atoms with Crippen LogP contribution in [-0.4, -0.2) is 18.4 Å². The first-order valence-electron chi connectivity index (χ1n) is 8.54. The summed E-state index contributed by atoms with van der Waals surface area (Å²) in [4.78, 5) is 26.0. The van der Waals surface area contributed by atoms with E-state index in [9.17, 15) is 9.59 Å². The van der Waals surface area contributed by atoms with Crippen molar-refractivity contribution in [1.82, 2.24) is 0 Å². The van der Waals surface area contributed by atoms with Crippen LogP contribution in [0.4, 0.5) is 11.4 Å². The number of nitrogens with zero attached hydrogens (tertiary/aromatic N) is 1. The Morgan fingerprint density at radius 1 is 1.00 bits per heavy atom. The lowest BCUT2D eigenvalue weighted by atomic mass is 10.1. The van der Waals surface area contributed by atoms with Gasteiger partial charge in [0.05, 0.1) is 11.4 Å². The Labute approximate surface area is 151 Å². The average Bonchev–Trinajstić information content (AvgIpc) is 3.15.